The van der Waals surface area contributed by atoms with Gasteiger partial charge in [-0.25, -0.2) is 0 Å². The molecule has 0 amide bonds. The summed E-state index contributed by atoms with van der Waals surface area (Å²) in [5.74, 6) is 0. The van der Waals surface area contributed by atoms with Gasteiger partial charge in [0, 0.05) is 22.1 Å². The van der Waals surface area contributed by atoms with Crippen LogP contribution >= 0.6 is 0 Å². The number of nitrogens with zero attached hydrogens (tertiary/aromatic N) is 1. The van der Waals surface area contributed by atoms with E-state index in [9.17, 15) is 0 Å². The van der Waals surface area contributed by atoms with Crippen LogP contribution in [0.3, 0.4) is 0 Å². The molecule has 1 aliphatic rings. The van der Waals surface area contributed by atoms with Crippen LogP contribution in [-0.4, -0.2) is 6.04 Å². The van der Waals surface area contributed by atoms with Crippen LogP contribution < -0.4 is 4.90 Å². The van der Waals surface area contributed by atoms with Crippen molar-refractivity contribution in [2.75, 3.05) is 4.90 Å². The summed E-state index contributed by atoms with van der Waals surface area (Å²) >= 11 is 0. The maximum absolute atomic E-state index is 6.49. The van der Waals surface area contributed by atoms with Crippen LogP contribution in [0.25, 0.3) is 32.7 Å². The van der Waals surface area contributed by atoms with Crippen LogP contribution in [0.1, 0.15) is 28.7 Å². The van der Waals surface area contributed by atoms with E-state index in [-0.39, 0.29) is 6.04 Å². The van der Waals surface area contributed by atoms with Crippen molar-refractivity contribution in [3.63, 3.8) is 0 Å². The van der Waals surface area contributed by atoms with Crippen LogP contribution in [0.15, 0.2) is 150 Å². The zero-order valence-electron chi connectivity index (χ0n) is 24.7. The van der Waals surface area contributed by atoms with Crippen molar-refractivity contribution < 1.29 is 4.42 Å². The lowest BCUT2D eigenvalue weighted by atomic mass is 10.0. The molecule has 1 unspecified atom stereocenters. The molecule has 0 fully saturated rings. The Kier molecular flexibility index (Phi) is 7.27. The molecule has 0 aliphatic heterocycles. The third-order valence-corrected chi connectivity index (χ3v) is 8.40. The number of aryl methyl sites for hydroxylation is 2. The topological polar surface area (TPSA) is 16.4 Å². The Bertz CT molecular complexity index is 2060. The van der Waals surface area contributed by atoms with Gasteiger partial charge in [0.15, 0.2) is 0 Å². The number of anilines is 2. The monoisotopic (exact) mass is 557 g/mol. The number of rotatable bonds is 5. The molecule has 2 heteroatoms. The largest absolute Gasteiger partial charge is 0.456 e. The van der Waals surface area contributed by atoms with Gasteiger partial charge in [-0.1, -0.05) is 109 Å². The maximum atomic E-state index is 6.49. The Morgan fingerprint density at radius 3 is 2.19 bits per heavy atom. The second-order valence-electron chi connectivity index (χ2n) is 11.5. The summed E-state index contributed by atoms with van der Waals surface area (Å²) < 4.78 is 6.49. The Labute approximate surface area is 253 Å². The molecule has 1 heterocycles. The van der Waals surface area contributed by atoms with Crippen LogP contribution in [0.5, 0.6) is 0 Å². The molecule has 5 aromatic carbocycles. The minimum Gasteiger partial charge on any atom is -0.456 e. The number of hydrogen-bond donors (Lipinski definition) is 0. The molecule has 210 valence electrons. The number of fused-ring (bicyclic) bond motifs is 4. The van der Waals surface area contributed by atoms with Crippen molar-refractivity contribution in [3.8, 4) is 0 Å². The minimum absolute atomic E-state index is 0.203. The van der Waals surface area contributed by atoms with E-state index < -0.39 is 0 Å². The summed E-state index contributed by atoms with van der Waals surface area (Å²) in [7, 11) is 0. The first-order valence-electron chi connectivity index (χ1n) is 15.1. The Balaban J connectivity index is 1.40. The normalized spacial score (nSPS) is 14.3. The number of allylic oxidation sites excluding steroid dienone is 2. The molecule has 0 spiro atoms. The molecule has 1 atom stereocenters. The Hall–Kier alpha value is -5.08. The van der Waals surface area contributed by atoms with E-state index in [1.807, 2.05) is 0 Å². The number of furan rings is 1. The van der Waals surface area contributed by atoms with Crippen LogP contribution in [0.4, 0.5) is 11.4 Å². The van der Waals surface area contributed by atoms with Crippen LogP contribution in [-0.2, 0) is 6.42 Å². The molecule has 1 aromatic heterocycles. The zero-order chi connectivity index (χ0) is 29.2. The van der Waals surface area contributed by atoms with Gasteiger partial charge in [0.1, 0.15) is 11.2 Å². The summed E-state index contributed by atoms with van der Waals surface area (Å²) in [5.41, 5.74) is 9.13. The van der Waals surface area contributed by atoms with E-state index in [1.54, 1.807) is 0 Å². The summed E-state index contributed by atoms with van der Waals surface area (Å²) in [5, 5.41) is 4.74. The van der Waals surface area contributed by atoms with Crippen molar-refractivity contribution in [3.05, 3.63) is 168 Å². The van der Waals surface area contributed by atoms with Gasteiger partial charge >= 0.3 is 0 Å². The van der Waals surface area contributed by atoms with Crippen LogP contribution in [0, 0.1) is 13.8 Å². The summed E-state index contributed by atoms with van der Waals surface area (Å²) in [6, 6.07) is 43.9. The molecule has 2 nitrogen and oxygen atoms in total. The molecule has 7 rings (SSSR count). The van der Waals surface area contributed by atoms with Crippen LogP contribution in [0.2, 0.25) is 0 Å². The summed E-state index contributed by atoms with van der Waals surface area (Å²) in [4.78, 5) is 2.49. The molecule has 0 bridgehead atoms. The summed E-state index contributed by atoms with van der Waals surface area (Å²) in [6.45, 7) is 4.37. The average Bonchev–Trinajstić information content (AvgIpc) is 3.38. The number of benzene rings is 4. The van der Waals surface area contributed by atoms with Crippen molar-refractivity contribution in [1.29, 1.82) is 0 Å². The van der Waals surface area contributed by atoms with Gasteiger partial charge in [0.25, 0.3) is 0 Å². The maximum Gasteiger partial charge on any atom is 0.135 e. The molecular formula is C41H35NO. The van der Waals surface area contributed by atoms with Crippen molar-refractivity contribution >= 4 is 44.1 Å². The van der Waals surface area contributed by atoms with E-state index in [2.05, 4.69) is 164 Å². The van der Waals surface area contributed by atoms with Crippen molar-refractivity contribution in [2.45, 2.75) is 32.7 Å². The van der Waals surface area contributed by atoms with E-state index in [1.165, 1.54) is 38.7 Å². The number of hydrogen-bond acceptors (Lipinski definition) is 2. The van der Waals surface area contributed by atoms with Crippen molar-refractivity contribution in [1.82, 2.24) is 0 Å². The molecule has 0 saturated carbocycles. The second kappa shape index (κ2) is 11.7. The van der Waals surface area contributed by atoms with Crippen molar-refractivity contribution in [2.24, 2.45) is 0 Å². The van der Waals surface area contributed by atoms with Gasteiger partial charge in [-0.05, 0) is 96.6 Å². The molecule has 0 radical (unpaired) electrons. The fourth-order valence-electron chi connectivity index (χ4n) is 6.15. The fourth-order valence-corrected chi connectivity index (χ4v) is 6.15. The first kappa shape index (κ1) is 26.8. The van der Waals surface area contributed by atoms with Gasteiger partial charge < -0.3 is 9.32 Å². The molecule has 1 aliphatic carbocycles. The van der Waals surface area contributed by atoms with E-state index in [0.29, 0.717) is 0 Å². The highest BCUT2D eigenvalue weighted by molar-refractivity contribution is 6.04. The summed E-state index contributed by atoms with van der Waals surface area (Å²) in [6.07, 6.45) is 10.7. The quantitative estimate of drug-likeness (QED) is 0.210. The molecule has 0 saturated heterocycles. The Morgan fingerprint density at radius 2 is 1.37 bits per heavy atom. The van der Waals surface area contributed by atoms with E-state index in [0.717, 1.165) is 40.5 Å². The molecule has 0 N–H and O–H groups in total. The lowest BCUT2D eigenvalue weighted by Crippen LogP contribution is -2.30. The highest BCUT2D eigenvalue weighted by Crippen LogP contribution is 2.36. The highest BCUT2D eigenvalue weighted by atomic mass is 16.3. The second-order valence-corrected chi connectivity index (χ2v) is 11.5. The average molecular weight is 558 g/mol. The van der Waals surface area contributed by atoms with E-state index in [4.69, 9.17) is 4.42 Å². The molecule has 43 heavy (non-hydrogen) atoms. The fraction of sp³-hybridized carbons (Fsp3) is 0.122. The van der Waals surface area contributed by atoms with E-state index >= 15 is 0 Å². The van der Waals surface area contributed by atoms with Gasteiger partial charge in [0.05, 0.1) is 6.04 Å². The lowest BCUT2D eigenvalue weighted by Gasteiger charge is -2.33. The first-order valence-corrected chi connectivity index (χ1v) is 15.1. The third kappa shape index (κ3) is 5.57. The smallest absolute Gasteiger partial charge is 0.135 e. The predicted molar refractivity (Wildman–Crippen MR) is 183 cm³/mol. The highest BCUT2D eigenvalue weighted by Gasteiger charge is 2.21. The lowest BCUT2D eigenvalue weighted by molar-refractivity contribution is 0.668. The Morgan fingerprint density at radius 1 is 0.651 bits per heavy atom. The third-order valence-electron chi connectivity index (χ3n) is 8.40. The molecular weight excluding hydrogens is 522 g/mol. The first-order chi connectivity index (χ1) is 21.1. The predicted octanol–water partition coefficient (Wildman–Crippen LogP) is 11.1. The standard InChI is InChI=1S/C41H35NO/c1-29-17-20-36(42(35-15-7-4-8-16-35)39-28-34-14-10-9-13-33(34)25-30(39)2)21-23-37-38-22-19-32(26-31-11-5-3-6-12-31)27-41(38)43-40(37)24-18-29/h3-15,17-25,27-28,35H,16,26H2,1-2H3. The van der Waals surface area contributed by atoms with Gasteiger partial charge in [0.2, 0.25) is 0 Å². The SMILES string of the molecule is Cc1ccc(N(c2cc3ccccc3cc2C)C2C=CC=CC2)ccc2c(cc1)oc1cc(Cc3ccccc3)ccc12. The van der Waals surface area contributed by atoms with Gasteiger partial charge in [-0.2, -0.15) is 0 Å². The van der Waals surface area contributed by atoms with Gasteiger partial charge in [-0.15, -0.1) is 0 Å². The minimum atomic E-state index is 0.203. The van der Waals surface area contributed by atoms with Gasteiger partial charge in [-0.3, -0.25) is 0 Å². The molecule has 6 aromatic rings. The zero-order valence-corrected chi connectivity index (χ0v) is 24.7.